The van der Waals surface area contributed by atoms with Gasteiger partial charge >= 0.3 is 23.6 Å². The number of amides is 4. The molecule has 4 amide bonds. The lowest BCUT2D eigenvalue weighted by Crippen LogP contribution is -2.61. The van der Waals surface area contributed by atoms with Gasteiger partial charge in [0.2, 0.25) is 0 Å². The van der Waals surface area contributed by atoms with Gasteiger partial charge in [-0.2, -0.15) is 0 Å². The van der Waals surface area contributed by atoms with E-state index in [4.69, 9.17) is 0 Å². The second-order valence-electron chi connectivity index (χ2n) is 13.2. The molecule has 4 fully saturated rings. The van der Waals surface area contributed by atoms with E-state index < -0.39 is 11.8 Å². The van der Waals surface area contributed by atoms with E-state index in [2.05, 4.69) is 17.4 Å². The average Bonchev–Trinajstić information content (AvgIpc) is 3.02. The molecular weight excluding hydrogens is 528 g/mol. The first-order valence-electron chi connectivity index (χ1n) is 16.7. The van der Waals surface area contributed by atoms with E-state index in [1.165, 1.54) is 56.9 Å². The van der Waals surface area contributed by atoms with Crippen molar-refractivity contribution in [3.63, 3.8) is 0 Å². The van der Waals surface area contributed by atoms with Gasteiger partial charge in [0.15, 0.2) is 0 Å². The zero-order chi connectivity index (χ0) is 29.3. The first kappa shape index (κ1) is 30.6. The van der Waals surface area contributed by atoms with E-state index >= 15 is 0 Å². The normalized spacial score (nSPS) is 24.8. The van der Waals surface area contributed by atoms with Gasteiger partial charge < -0.3 is 20.0 Å². The summed E-state index contributed by atoms with van der Waals surface area (Å²) in [4.78, 5) is 57.1. The third kappa shape index (κ3) is 7.93. The van der Waals surface area contributed by atoms with Gasteiger partial charge in [0, 0.05) is 38.8 Å². The number of hydrogen-bond donors (Lipinski definition) is 1. The predicted octanol–water partition coefficient (Wildman–Crippen LogP) is 4.32. The number of nitrogens with one attached hydrogen (secondary N) is 1. The third-order valence-electron chi connectivity index (χ3n) is 10.2. The van der Waals surface area contributed by atoms with Gasteiger partial charge in [-0.1, -0.05) is 81.7 Å². The second-order valence-corrected chi connectivity index (χ2v) is 13.2. The minimum absolute atomic E-state index is 0.00528. The highest BCUT2D eigenvalue weighted by atomic mass is 16.2. The van der Waals surface area contributed by atoms with E-state index in [0.29, 0.717) is 44.6 Å². The highest BCUT2D eigenvalue weighted by Gasteiger charge is 2.40. The largest absolute Gasteiger partial charge is 0.346 e. The van der Waals surface area contributed by atoms with Crippen LogP contribution in [0.2, 0.25) is 0 Å². The lowest BCUT2D eigenvalue weighted by atomic mass is 9.86. The number of rotatable bonds is 12. The minimum Gasteiger partial charge on any atom is -0.346 e. The summed E-state index contributed by atoms with van der Waals surface area (Å²) in [5.41, 5.74) is 1.19. The average molecular weight is 579 g/mol. The Morgan fingerprint density at radius 2 is 1.36 bits per heavy atom. The van der Waals surface area contributed by atoms with E-state index in [1.54, 1.807) is 4.90 Å². The van der Waals surface area contributed by atoms with E-state index in [9.17, 15) is 19.2 Å². The maximum atomic E-state index is 13.5. The van der Waals surface area contributed by atoms with Gasteiger partial charge in [-0.25, -0.2) is 0 Å². The van der Waals surface area contributed by atoms with Crippen molar-refractivity contribution >= 4 is 23.6 Å². The van der Waals surface area contributed by atoms with Crippen LogP contribution in [0.25, 0.3) is 0 Å². The van der Waals surface area contributed by atoms with Crippen molar-refractivity contribution in [2.24, 2.45) is 11.8 Å². The molecule has 1 aromatic rings. The van der Waals surface area contributed by atoms with Gasteiger partial charge in [0.1, 0.15) is 0 Å². The van der Waals surface area contributed by atoms with Crippen molar-refractivity contribution in [3.05, 3.63) is 35.9 Å². The van der Waals surface area contributed by atoms with Crippen LogP contribution in [0.15, 0.2) is 30.3 Å². The van der Waals surface area contributed by atoms with Crippen LogP contribution in [0.4, 0.5) is 0 Å². The van der Waals surface area contributed by atoms with E-state index in [0.717, 1.165) is 44.9 Å². The number of benzene rings is 1. The molecule has 8 heteroatoms. The molecule has 4 aliphatic rings. The number of piperazine rings is 2. The number of hydrogen-bond acceptors (Lipinski definition) is 4. The summed E-state index contributed by atoms with van der Waals surface area (Å²) in [5, 5.41) is 2.78. The molecule has 42 heavy (non-hydrogen) atoms. The molecular formula is C34H50N4O4. The Kier molecular flexibility index (Phi) is 10.9. The molecule has 0 aromatic heterocycles. The van der Waals surface area contributed by atoms with Crippen LogP contribution < -0.4 is 5.32 Å². The number of carbonyl (C=O) groups is 4. The Morgan fingerprint density at radius 3 is 2.07 bits per heavy atom. The van der Waals surface area contributed by atoms with Crippen molar-refractivity contribution in [2.75, 3.05) is 32.7 Å². The molecule has 0 bridgehead atoms. The molecule has 5 rings (SSSR count). The van der Waals surface area contributed by atoms with Crippen LogP contribution in [0.3, 0.4) is 0 Å². The molecule has 230 valence electrons. The molecule has 2 atom stereocenters. The second kappa shape index (κ2) is 15.0. The van der Waals surface area contributed by atoms with E-state index in [1.807, 2.05) is 28.0 Å². The SMILES string of the molecule is O=C1NC[C@H](CCCCN2C[C@H](Cc3ccccc3)N(CC3CCCCC3)C(=O)C2=O)N(CCC2CCCCC2)C1=O. The maximum absolute atomic E-state index is 13.5. The van der Waals surface area contributed by atoms with Gasteiger partial charge in [-0.15, -0.1) is 0 Å². The Balaban J connectivity index is 1.15. The highest BCUT2D eigenvalue weighted by molar-refractivity contribution is 6.36. The van der Waals surface area contributed by atoms with E-state index in [-0.39, 0.29) is 23.9 Å². The Bertz CT molecular complexity index is 1070. The first-order chi connectivity index (χ1) is 20.5. The molecule has 2 aliphatic carbocycles. The van der Waals surface area contributed by atoms with Crippen molar-refractivity contribution in [3.8, 4) is 0 Å². The van der Waals surface area contributed by atoms with Crippen LogP contribution in [-0.4, -0.2) is 83.1 Å². The fourth-order valence-electron chi connectivity index (χ4n) is 7.71. The molecule has 2 aliphatic heterocycles. The maximum Gasteiger partial charge on any atom is 0.312 e. The Labute approximate surface area is 251 Å². The molecule has 2 saturated heterocycles. The summed E-state index contributed by atoms with van der Waals surface area (Å²) in [5.74, 6) is -0.469. The predicted molar refractivity (Wildman–Crippen MR) is 162 cm³/mol. The lowest BCUT2D eigenvalue weighted by molar-refractivity contribution is -0.159. The Morgan fingerprint density at radius 1 is 0.667 bits per heavy atom. The van der Waals surface area contributed by atoms with Gasteiger partial charge in [-0.3, -0.25) is 19.2 Å². The van der Waals surface area contributed by atoms with Gasteiger partial charge in [0.25, 0.3) is 0 Å². The number of unbranched alkanes of at least 4 members (excludes halogenated alkanes) is 1. The molecule has 1 aromatic carbocycles. The summed E-state index contributed by atoms with van der Waals surface area (Å²) in [6.45, 7) is 2.94. The zero-order valence-corrected chi connectivity index (χ0v) is 25.3. The molecule has 1 N–H and O–H groups in total. The number of nitrogens with zero attached hydrogens (tertiary/aromatic N) is 3. The summed E-state index contributed by atoms with van der Waals surface area (Å²) < 4.78 is 0. The summed E-state index contributed by atoms with van der Waals surface area (Å²) in [6.07, 6.45) is 16.4. The number of carbonyl (C=O) groups excluding carboxylic acids is 4. The monoisotopic (exact) mass is 578 g/mol. The lowest BCUT2D eigenvalue weighted by Gasteiger charge is -2.42. The first-order valence-corrected chi connectivity index (χ1v) is 16.7. The van der Waals surface area contributed by atoms with Crippen LogP contribution in [-0.2, 0) is 25.6 Å². The summed E-state index contributed by atoms with van der Waals surface area (Å²) in [6, 6.07) is 10.3. The minimum atomic E-state index is -0.491. The van der Waals surface area contributed by atoms with Crippen LogP contribution in [0, 0.1) is 11.8 Å². The Hall–Kier alpha value is -2.90. The topological polar surface area (TPSA) is 90.0 Å². The zero-order valence-electron chi connectivity index (χ0n) is 25.3. The molecule has 0 unspecified atom stereocenters. The van der Waals surface area contributed by atoms with Crippen molar-refractivity contribution in [1.82, 2.24) is 20.0 Å². The molecule has 2 heterocycles. The molecule has 8 nitrogen and oxygen atoms in total. The van der Waals surface area contributed by atoms with Gasteiger partial charge in [0.05, 0.1) is 6.04 Å². The van der Waals surface area contributed by atoms with Crippen molar-refractivity contribution < 1.29 is 19.2 Å². The molecule has 0 spiro atoms. The fraction of sp³-hybridized carbons (Fsp3) is 0.706. The van der Waals surface area contributed by atoms with Crippen LogP contribution in [0.5, 0.6) is 0 Å². The molecule has 2 saturated carbocycles. The van der Waals surface area contributed by atoms with Crippen molar-refractivity contribution in [1.29, 1.82) is 0 Å². The fourth-order valence-corrected chi connectivity index (χ4v) is 7.71. The quantitative estimate of drug-likeness (QED) is 0.296. The van der Waals surface area contributed by atoms with Crippen molar-refractivity contribution in [2.45, 2.75) is 108 Å². The summed E-state index contributed by atoms with van der Waals surface area (Å²) >= 11 is 0. The highest BCUT2D eigenvalue weighted by Crippen LogP contribution is 2.29. The summed E-state index contributed by atoms with van der Waals surface area (Å²) in [7, 11) is 0. The smallest absolute Gasteiger partial charge is 0.312 e. The van der Waals surface area contributed by atoms with Crippen LogP contribution in [0.1, 0.15) is 95.5 Å². The van der Waals surface area contributed by atoms with Gasteiger partial charge in [-0.05, 0) is 62.3 Å². The van der Waals surface area contributed by atoms with Crippen LogP contribution >= 0.6 is 0 Å². The molecule has 0 radical (unpaired) electrons. The standard InChI is InChI=1S/C34H50N4O4/c39-31-32(40)37(21-19-26-12-4-1-5-13-26)29(23-35-31)18-10-11-20-36-25-30(22-27-14-6-2-7-15-27)38(34(42)33(36)41)24-28-16-8-3-9-17-28/h2,6-7,14-15,26,28-30H,1,3-5,8-13,16-25H2,(H,35,39)/t29-,30-/m0/s1. The third-order valence-corrected chi connectivity index (χ3v) is 10.2.